The Kier molecular flexibility index (Phi) is 3.74. The fourth-order valence-electron chi connectivity index (χ4n) is 1.19. The highest BCUT2D eigenvalue weighted by Crippen LogP contribution is 2.15. The van der Waals surface area contributed by atoms with Gasteiger partial charge >= 0.3 is 0 Å². The molecule has 1 atom stereocenters. The van der Waals surface area contributed by atoms with Gasteiger partial charge in [0.15, 0.2) is 0 Å². The Bertz CT molecular complexity index is 264. The largest absolute Gasteiger partial charge is 0.325 e. The molecule has 0 aliphatic carbocycles. The highest BCUT2D eigenvalue weighted by atomic mass is 127. The maximum Gasteiger partial charge on any atom is 0.0163 e. The molecule has 0 heterocycles. The highest BCUT2D eigenvalue weighted by Gasteiger charge is 2.15. The van der Waals surface area contributed by atoms with Crippen LogP contribution in [0.4, 0.5) is 0 Å². The Balaban J connectivity index is 2.69. The summed E-state index contributed by atoms with van der Waals surface area (Å²) in [7, 11) is 0. The summed E-state index contributed by atoms with van der Waals surface area (Å²) in [5.41, 5.74) is 7.35. The molecular weight excluding hydrogens is 273 g/mol. The molecule has 1 nitrogen and oxygen atoms in total. The molecule has 1 rings (SSSR count). The summed E-state index contributed by atoms with van der Waals surface area (Å²) in [5, 5.41) is 0. The van der Waals surface area contributed by atoms with Crippen molar-refractivity contribution in [2.24, 2.45) is 5.73 Å². The zero-order valence-corrected chi connectivity index (χ0v) is 10.3. The molecule has 1 aromatic rings. The normalized spacial score (nSPS) is 15.4. The van der Waals surface area contributed by atoms with Crippen molar-refractivity contribution in [3.63, 3.8) is 0 Å². The molecule has 13 heavy (non-hydrogen) atoms. The first-order valence-corrected chi connectivity index (χ1v) is 5.65. The van der Waals surface area contributed by atoms with Crippen molar-refractivity contribution in [1.29, 1.82) is 0 Å². The lowest BCUT2D eigenvalue weighted by atomic mass is 9.92. The standard InChI is InChI=1S/C11H16IN/c1-3-11(2,13)8-9-4-6-10(12)7-5-9/h4-7H,3,8,13H2,1-2H3. The average molecular weight is 289 g/mol. The van der Waals surface area contributed by atoms with Crippen molar-refractivity contribution in [2.45, 2.75) is 32.2 Å². The predicted octanol–water partition coefficient (Wildman–Crippen LogP) is 2.96. The molecule has 1 unspecified atom stereocenters. The van der Waals surface area contributed by atoms with Gasteiger partial charge in [-0.1, -0.05) is 19.1 Å². The number of nitrogens with two attached hydrogens (primary N) is 1. The van der Waals surface area contributed by atoms with E-state index >= 15 is 0 Å². The SMILES string of the molecule is CCC(C)(N)Cc1ccc(I)cc1. The minimum Gasteiger partial charge on any atom is -0.325 e. The second-order valence-corrected chi connectivity index (χ2v) is 5.06. The summed E-state index contributed by atoms with van der Waals surface area (Å²) in [5.74, 6) is 0. The van der Waals surface area contributed by atoms with E-state index in [4.69, 9.17) is 5.73 Å². The van der Waals surface area contributed by atoms with Gasteiger partial charge in [-0.3, -0.25) is 0 Å². The maximum atomic E-state index is 6.08. The van der Waals surface area contributed by atoms with Crippen LogP contribution in [-0.2, 0) is 6.42 Å². The first-order valence-electron chi connectivity index (χ1n) is 4.57. The first kappa shape index (κ1) is 11.0. The number of halogens is 1. The van der Waals surface area contributed by atoms with Gasteiger partial charge in [-0.2, -0.15) is 0 Å². The number of hydrogen-bond donors (Lipinski definition) is 1. The molecular formula is C11H16IN. The minimum absolute atomic E-state index is 0.0627. The van der Waals surface area contributed by atoms with Gasteiger partial charge in [-0.25, -0.2) is 0 Å². The van der Waals surface area contributed by atoms with Crippen LogP contribution in [0.25, 0.3) is 0 Å². The van der Waals surface area contributed by atoms with E-state index in [0.717, 1.165) is 12.8 Å². The second-order valence-electron chi connectivity index (χ2n) is 3.81. The van der Waals surface area contributed by atoms with Crippen molar-refractivity contribution in [2.75, 3.05) is 0 Å². The third kappa shape index (κ3) is 3.65. The zero-order valence-electron chi connectivity index (χ0n) is 8.18. The van der Waals surface area contributed by atoms with E-state index in [1.165, 1.54) is 9.13 Å². The van der Waals surface area contributed by atoms with Gasteiger partial charge in [-0.15, -0.1) is 0 Å². The smallest absolute Gasteiger partial charge is 0.0163 e. The van der Waals surface area contributed by atoms with Crippen molar-refractivity contribution < 1.29 is 0 Å². The van der Waals surface area contributed by atoms with Gasteiger partial charge in [0.25, 0.3) is 0 Å². The molecule has 0 bridgehead atoms. The molecule has 1 aromatic carbocycles. The third-order valence-electron chi connectivity index (χ3n) is 2.33. The van der Waals surface area contributed by atoms with Crippen molar-refractivity contribution >= 4 is 22.6 Å². The van der Waals surface area contributed by atoms with E-state index in [0.29, 0.717) is 0 Å². The number of benzene rings is 1. The molecule has 0 fully saturated rings. The zero-order chi connectivity index (χ0) is 9.90. The number of hydrogen-bond acceptors (Lipinski definition) is 1. The van der Waals surface area contributed by atoms with Gasteiger partial charge in [0.1, 0.15) is 0 Å². The predicted molar refractivity (Wildman–Crippen MR) is 65.7 cm³/mol. The fourth-order valence-corrected chi connectivity index (χ4v) is 1.55. The lowest BCUT2D eigenvalue weighted by molar-refractivity contribution is 0.450. The summed E-state index contributed by atoms with van der Waals surface area (Å²) in [6.07, 6.45) is 1.97. The third-order valence-corrected chi connectivity index (χ3v) is 3.05. The van der Waals surface area contributed by atoms with E-state index in [1.54, 1.807) is 0 Å². The molecule has 0 amide bonds. The van der Waals surface area contributed by atoms with Gasteiger partial charge in [-0.05, 0) is 60.1 Å². The van der Waals surface area contributed by atoms with Gasteiger partial charge in [0, 0.05) is 9.11 Å². The molecule has 0 aromatic heterocycles. The quantitative estimate of drug-likeness (QED) is 0.851. The van der Waals surface area contributed by atoms with Crippen LogP contribution in [-0.4, -0.2) is 5.54 Å². The highest BCUT2D eigenvalue weighted by molar-refractivity contribution is 14.1. The molecule has 72 valence electrons. The first-order chi connectivity index (χ1) is 6.03. The summed E-state index contributed by atoms with van der Waals surface area (Å²) in [6, 6.07) is 8.56. The molecule has 0 saturated carbocycles. The van der Waals surface area contributed by atoms with Crippen LogP contribution < -0.4 is 5.73 Å². The van der Waals surface area contributed by atoms with Crippen LogP contribution in [0.15, 0.2) is 24.3 Å². The fraction of sp³-hybridized carbons (Fsp3) is 0.455. The van der Waals surface area contributed by atoms with E-state index < -0.39 is 0 Å². The van der Waals surface area contributed by atoms with Crippen LogP contribution in [0.1, 0.15) is 25.8 Å². The molecule has 2 heteroatoms. The molecule has 0 aliphatic rings. The Morgan fingerprint density at radius 2 is 1.85 bits per heavy atom. The molecule has 0 radical (unpaired) electrons. The second kappa shape index (κ2) is 4.42. The molecule has 0 spiro atoms. The van der Waals surface area contributed by atoms with E-state index in [-0.39, 0.29) is 5.54 Å². The lowest BCUT2D eigenvalue weighted by Crippen LogP contribution is -2.37. The van der Waals surface area contributed by atoms with E-state index in [9.17, 15) is 0 Å². The van der Waals surface area contributed by atoms with Crippen LogP contribution in [0.3, 0.4) is 0 Å². The molecule has 0 saturated heterocycles. The van der Waals surface area contributed by atoms with Gasteiger partial charge in [0.2, 0.25) is 0 Å². The Hall–Kier alpha value is -0.0900. The van der Waals surface area contributed by atoms with Crippen molar-refractivity contribution in [3.8, 4) is 0 Å². The molecule has 0 aliphatic heterocycles. The maximum absolute atomic E-state index is 6.08. The summed E-state index contributed by atoms with van der Waals surface area (Å²) >= 11 is 2.31. The lowest BCUT2D eigenvalue weighted by Gasteiger charge is -2.22. The van der Waals surface area contributed by atoms with Crippen LogP contribution in [0.2, 0.25) is 0 Å². The van der Waals surface area contributed by atoms with Crippen molar-refractivity contribution in [1.82, 2.24) is 0 Å². The Labute approximate surface area is 93.9 Å². The monoisotopic (exact) mass is 289 g/mol. The van der Waals surface area contributed by atoms with Crippen LogP contribution in [0.5, 0.6) is 0 Å². The topological polar surface area (TPSA) is 26.0 Å². The number of rotatable bonds is 3. The van der Waals surface area contributed by atoms with Crippen LogP contribution in [0, 0.1) is 3.57 Å². The van der Waals surface area contributed by atoms with Crippen molar-refractivity contribution in [3.05, 3.63) is 33.4 Å². The Morgan fingerprint density at radius 3 is 2.31 bits per heavy atom. The minimum atomic E-state index is -0.0627. The Morgan fingerprint density at radius 1 is 1.31 bits per heavy atom. The molecule has 2 N–H and O–H groups in total. The summed E-state index contributed by atoms with van der Waals surface area (Å²) in [6.45, 7) is 4.23. The van der Waals surface area contributed by atoms with E-state index in [1.807, 2.05) is 0 Å². The van der Waals surface area contributed by atoms with Crippen LogP contribution >= 0.6 is 22.6 Å². The summed E-state index contributed by atoms with van der Waals surface area (Å²) in [4.78, 5) is 0. The average Bonchev–Trinajstić information content (AvgIpc) is 2.09. The van der Waals surface area contributed by atoms with E-state index in [2.05, 4.69) is 60.7 Å². The van der Waals surface area contributed by atoms with Gasteiger partial charge < -0.3 is 5.73 Å². The summed E-state index contributed by atoms with van der Waals surface area (Å²) < 4.78 is 1.27. The van der Waals surface area contributed by atoms with Gasteiger partial charge in [0.05, 0.1) is 0 Å².